The summed E-state index contributed by atoms with van der Waals surface area (Å²) in [6.07, 6.45) is 15.5. The fourth-order valence-corrected chi connectivity index (χ4v) is 5.12. The second-order valence-corrected chi connectivity index (χ2v) is 12.0. The minimum atomic E-state index is -0.265. The number of halogens is 2. The number of aromatic nitrogens is 4. The summed E-state index contributed by atoms with van der Waals surface area (Å²) in [5.74, 6) is 0.589. The molecule has 7 nitrogen and oxygen atoms in total. The van der Waals surface area contributed by atoms with Crippen LogP contribution in [0.2, 0.25) is 10.0 Å². The third-order valence-corrected chi connectivity index (χ3v) is 7.44. The molecule has 0 aliphatic carbocycles. The quantitative estimate of drug-likeness (QED) is 0.161. The average Bonchev–Trinajstić information content (AvgIpc) is 3.43. The molecule has 210 valence electrons. The van der Waals surface area contributed by atoms with E-state index in [0.717, 1.165) is 24.1 Å². The Kier molecular flexibility index (Phi) is 11.8. The molecular formula is C29H44Cl2N6O. The van der Waals surface area contributed by atoms with Crippen molar-refractivity contribution >= 4 is 40.6 Å². The number of H-pyrrole nitrogens is 1. The van der Waals surface area contributed by atoms with Gasteiger partial charge in [0.2, 0.25) is 0 Å². The van der Waals surface area contributed by atoms with E-state index < -0.39 is 0 Å². The Morgan fingerprint density at radius 1 is 0.921 bits per heavy atom. The largest absolute Gasteiger partial charge is 0.338 e. The summed E-state index contributed by atoms with van der Waals surface area (Å²) in [5, 5.41) is 15.9. The number of carbonyl (C=O) groups is 1. The molecule has 0 fully saturated rings. The molecule has 0 aliphatic heterocycles. The van der Waals surface area contributed by atoms with Gasteiger partial charge < -0.3 is 15.6 Å². The summed E-state index contributed by atoms with van der Waals surface area (Å²) < 4.78 is 1.52. The van der Waals surface area contributed by atoms with E-state index >= 15 is 0 Å². The van der Waals surface area contributed by atoms with Crippen LogP contribution in [-0.2, 0) is 5.41 Å². The third kappa shape index (κ3) is 8.91. The molecule has 3 N–H and O–H groups in total. The van der Waals surface area contributed by atoms with Gasteiger partial charge in [-0.2, -0.15) is 5.10 Å². The summed E-state index contributed by atoms with van der Waals surface area (Å²) in [5.41, 5.74) is 2.52. The van der Waals surface area contributed by atoms with Crippen LogP contribution in [0.1, 0.15) is 110 Å². The Morgan fingerprint density at radius 2 is 1.53 bits per heavy atom. The highest BCUT2D eigenvalue weighted by Crippen LogP contribution is 2.33. The van der Waals surface area contributed by atoms with Crippen molar-refractivity contribution in [2.24, 2.45) is 0 Å². The lowest BCUT2D eigenvalue weighted by Crippen LogP contribution is -2.29. The fraction of sp³-hybridized carbons (Fsp3) is 0.621. The van der Waals surface area contributed by atoms with E-state index in [1.54, 1.807) is 12.1 Å². The van der Waals surface area contributed by atoms with Crippen LogP contribution in [0, 0.1) is 0 Å². The SMILES string of the molecule is CCCCCCCCCCCCCCNC(=O)Nc1cc(-c2nn3nc(C(C)(C)C)c(Cl)c3[nH]2)ccc1Cl. The van der Waals surface area contributed by atoms with Crippen molar-refractivity contribution in [2.45, 2.75) is 110 Å². The molecule has 2 aromatic heterocycles. The van der Waals surface area contributed by atoms with Crippen LogP contribution in [0.4, 0.5) is 10.5 Å². The number of hydrogen-bond acceptors (Lipinski definition) is 3. The van der Waals surface area contributed by atoms with Crippen molar-refractivity contribution in [2.75, 3.05) is 11.9 Å². The van der Waals surface area contributed by atoms with Crippen molar-refractivity contribution in [3.05, 3.63) is 33.9 Å². The van der Waals surface area contributed by atoms with Crippen molar-refractivity contribution in [3.8, 4) is 11.4 Å². The zero-order valence-corrected chi connectivity index (χ0v) is 24.9. The number of rotatable bonds is 15. The Bertz CT molecular complexity index is 1160. The first-order chi connectivity index (χ1) is 18.2. The van der Waals surface area contributed by atoms with Crippen LogP contribution in [0.5, 0.6) is 0 Å². The lowest BCUT2D eigenvalue weighted by atomic mass is 9.92. The number of hydrogen-bond donors (Lipinski definition) is 3. The number of aromatic amines is 1. The van der Waals surface area contributed by atoms with E-state index in [1.807, 2.05) is 6.07 Å². The molecule has 9 heteroatoms. The van der Waals surface area contributed by atoms with Crippen molar-refractivity contribution in [1.82, 2.24) is 25.1 Å². The van der Waals surface area contributed by atoms with Crippen LogP contribution in [0.15, 0.2) is 18.2 Å². The van der Waals surface area contributed by atoms with Gasteiger partial charge in [0.05, 0.1) is 16.4 Å². The monoisotopic (exact) mass is 562 g/mol. The average molecular weight is 564 g/mol. The minimum absolute atomic E-state index is 0.191. The molecule has 3 rings (SSSR count). The maximum atomic E-state index is 12.5. The van der Waals surface area contributed by atoms with E-state index in [-0.39, 0.29) is 11.4 Å². The highest BCUT2D eigenvalue weighted by atomic mass is 35.5. The first-order valence-electron chi connectivity index (χ1n) is 14.2. The van der Waals surface area contributed by atoms with Gasteiger partial charge in [0.15, 0.2) is 11.5 Å². The predicted molar refractivity (Wildman–Crippen MR) is 160 cm³/mol. The number of benzene rings is 1. The number of anilines is 1. The van der Waals surface area contributed by atoms with E-state index in [1.165, 1.54) is 68.8 Å². The molecule has 38 heavy (non-hydrogen) atoms. The highest BCUT2D eigenvalue weighted by Gasteiger charge is 2.25. The summed E-state index contributed by atoms with van der Waals surface area (Å²) in [6, 6.07) is 5.11. The van der Waals surface area contributed by atoms with E-state index in [0.29, 0.717) is 33.7 Å². The summed E-state index contributed by atoms with van der Waals surface area (Å²) in [7, 11) is 0. The second kappa shape index (κ2) is 14.8. The topological polar surface area (TPSA) is 87.1 Å². The molecule has 3 aromatic rings. The summed E-state index contributed by atoms with van der Waals surface area (Å²) in [4.78, 5) is 15.7. The van der Waals surface area contributed by atoms with Gasteiger partial charge in [0, 0.05) is 17.5 Å². The van der Waals surface area contributed by atoms with Gasteiger partial charge in [-0.1, -0.05) is 122 Å². The molecule has 2 amide bonds. The Morgan fingerprint density at radius 3 is 2.11 bits per heavy atom. The maximum Gasteiger partial charge on any atom is 0.319 e. The lowest BCUT2D eigenvalue weighted by molar-refractivity contribution is 0.252. The molecule has 0 unspecified atom stereocenters. The Labute approximate surface area is 237 Å². The molecule has 0 saturated heterocycles. The standard InChI is InChI=1S/C29H44Cl2N6O/c1-5-6-7-8-9-10-11-12-13-14-15-16-19-32-28(38)33-23-20-21(17-18-22(23)30)26-34-27-24(31)25(29(2,3)4)35-37(27)36-26/h17-18,20H,5-16,19H2,1-4H3,(H,34,36)(H2,32,33,38). The smallest absolute Gasteiger partial charge is 0.319 e. The Hall–Kier alpha value is -2.25. The zero-order chi connectivity index (χ0) is 27.5. The van der Waals surface area contributed by atoms with E-state index in [4.69, 9.17) is 23.2 Å². The van der Waals surface area contributed by atoms with E-state index in [9.17, 15) is 4.79 Å². The number of amides is 2. The van der Waals surface area contributed by atoms with Crippen LogP contribution < -0.4 is 10.6 Å². The van der Waals surface area contributed by atoms with Gasteiger partial charge in [-0.25, -0.2) is 4.79 Å². The number of nitrogens with zero attached hydrogens (tertiary/aromatic N) is 3. The fourth-order valence-electron chi connectivity index (χ4n) is 4.51. The molecule has 0 spiro atoms. The van der Waals surface area contributed by atoms with Crippen molar-refractivity contribution in [3.63, 3.8) is 0 Å². The molecule has 0 radical (unpaired) electrons. The highest BCUT2D eigenvalue weighted by molar-refractivity contribution is 6.34. The van der Waals surface area contributed by atoms with Crippen LogP contribution >= 0.6 is 23.2 Å². The Balaban J connectivity index is 1.40. The van der Waals surface area contributed by atoms with Gasteiger partial charge in [-0.05, 0) is 24.6 Å². The lowest BCUT2D eigenvalue weighted by Gasteiger charge is -2.14. The van der Waals surface area contributed by atoms with Gasteiger partial charge in [-0.15, -0.1) is 9.73 Å². The van der Waals surface area contributed by atoms with E-state index in [2.05, 4.69) is 53.5 Å². The molecule has 1 aromatic carbocycles. The number of carbonyl (C=O) groups excluding carboxylic acids is 1. The van der Waals surface area contributed by atoms with Gasteiger partial charge >= 0.3 is 6.03 Å². The molecule has 2 heterocycles. The van der Waals surface area contributed by atoms with Crippen molar-refractivity contribution in [1.29, 1.82) is 0 Å². The van der Waals surface area contributed by atoms with Gasteiger partial charge in [0.1, 0.15) is 5.02 Å². The van der Waals surface area contributed by atoms with Crippen LogP contribution in [0.3, 0.4) is 0 Å². The maximum absolute atomic E-state index is 12.5. The normalized spacial score (nSPS) is 11.8. The number of urea groups is 1. The third-order valence-electron chi connectivity index (χ3n) is 6.76. The minimum Gasteiger partial charge on any atom is -0.338 e. The zero-order valence-electron chi connectivity index (χ0n) is 23.4. The second-order valence-electron chi connectivity index (χ2n) is 11.2. The molecule has 0 atom stereocenters. The number of unbranched alkanes of at least 4 members (excludes halogenated alkanes) is 11. The molecule has 0 aliphatic rings. The number of nitrogens with one attached hydrogen (secondary N) is 3. The van der Waals surface area contributed by atoms with Gasteiger partial charge in [0.25, 0.3) is 0 Å². The molecule has 0 bridgehead atoms. The first-order valence-corrected chi connectivity index (χ1v) is 15.0. The molecular weight excluding hydrogens is 519 g/mol. The number of fused-ring (bicyclic) bond motifs is 1. The van der Waals surface area contributed by atoms with Crippen molar-refractivity contribution < 1.29 is 4.79 Å². The van der Waals surface area contributed by atoms with Gasteiger partial charge in [-0.3, -0.25) is 0 Å². The summed E-state index contributed by atoms with van der Waals surface area (Å²) >= 11 is 12.9. The molecule has 0 saturated carbocycles. The van der Waals surface area contributed by atoms with Crippen LogP contribution in [0.25, 0.3) is 17.0 Å². The first kappa shape index (κ1) is 30.3. The summed E-state index contributed by atoms with van der Waals surface area (Å²) in [6.45, 7) is 9.08. The van der Waals surface area contributed by atoms with Crippen LogP contribution in [-0.4, -0.2) is 32.4 Å². The predicted octanol–water partition coefficient (Wildman–Crippen LogP) is 9.15.